The van der Waals surface area contributed by atoms with Crippen LogP contribution in [0, 0.1) is 11.3 Å². The number of halogens is 1. The van der Waals surface area contributed by atoms with Gasteiger partial charge >= 0.3 is 0 Å². The van der Waals surface area contributed by atoms with E-state index in [1.807, 2.05) is 42.5 Å². The van der Waals surface area contributed by atoms with Gasteiger partial charge in [0.15, 0.2) is 6.61 Å². The van der Waals surface area contributed by atoms with Crippen LogP contribution in [0.4, 0.5) is 11.6 Å². The van der Waals surface area contributed by atoms with Crippen LogP contribution in [-0.2, 0) is 6.61 Å². The molecule has 1 aliphatic rings. The molecule has 4 rings (SSSR count). The molecule has 1 saturated heterocycles. The summed E-state index contributed by atoms with van der Waals surface area (Å²) in [5, 5.41) is 9.51. The minimum Gasteiger partial charge on any atom is -0.495 e. The van der Waals surface area contributed by atoms with Gasteiger partial charge in [-0.3, -0.25) is 0 Å². The number of benzene rings is 2. The fraction of sp³-hybridized carbons (Fsp3) is 0.273. The number of piperazine rings is 1. The topological polar surface area (TPSA) is 74.8 Å². The summed E-state index contributed by atoms with van der Waals surface area (Å²) in [5.41, 5.74) is 1.36. The average Bonchev–Trinajstić information content (AvgIpc) is 3.21. The molecule has 0 aliphatic carbocycles. The van der Waals surface area contributed by atoms with E-state index in [1.54, 1.807) is 7.11 Å². The van der Waals surface area contributed by atoms with E-state index in [0.717, 1.165) is 29.0 Å². The van der Waals surface area contributed by atoms with Crippen LogP contribution in [0.5, 0.6) is 11.5 Å². The van der Waals surface area contributed by atoms with Gasteiger partial charge in [0.2, 0.25) is 17.5 Å². The van der Waals surface area contributed by atoms with Gasteiger partial charge in [0.25, 0.3) is 0 Å². The Balaban J connectivity index is 1.43. The summed E-state index contributed by atoms with van der Waals surface area (Å²) in [7, 11) is 1.68. The molecule has 0 unspecified atom stereocenters. The number of methoxy groups -OCH3 is 1. The largest absolute Gasteiger partial charge is 0.495 e. The van der Waals surface area contributed by atoms with Gasteiger partial charge in [-0.1, -0.05) is 34.1 Å². The van der Waals surface area contributed by atoms with Crippen molar-refractivity contribution in [3.8, 4) is 17.6 Å². The van der Waals surface area contributed by atoms with Crippen LogP contribution in [0.25, 0.3) is 0 Å². The molecule has 0 spiro atoms. The molecule has 3 aromatic rings. The Bertz CT molecular complexity index is 1050. The smallest absolute Gasteiger partial charge is 0.236 e. The van der Waals surface area contributed by atoms with Crippen LogP contribution in [0.2, 0.25) is 0 Å². The summed E-state index contributed by atoms with van der Waals surface area (Å²) < 4.78 is 18.0. The van der Waals surface area contributed by atoms with Crippen molar-refractivity contribution in [2.75, 3.05) is 43.1 Å². The summed E-state index contributed by atoms with van der Waals surface area (Å²) in [6.45, 7) is 3.17. The van der Waals surface area contributed by atoms with Crippen LogP contribution >= 0.6 is 15.9 Å². The van der Waals surface area contributed by atoms with E-state index in [0.29, 0.717) is 30.6 Å². The Hall–Kier alpha value is -3.18. The lowest BCUT2D eigenvalue weighted by Crippen LogP contribution is -2.46. The quantitative estimate of drug-likeness (QED) is 0.535. The summed E-state index contributed by atoms with van der Waals surface area (Å²) >= 11 is 3.42. The van der Waals surface area contributed by atoms with Crippen molar-refractivity contribution >= 4 is 27.5 Å². The predicted molar refractivity (Wildman–Crippen MR) is 117 cm³/mol. The zero-order chi connectivity index (χ0) is 20.9. The first kappa shape index (κ1) is 20.1. The van der Waals surface area contributed by atoms with Crippen molar-refractivity contribution in [1.29, 1.82) is 5.26 Å². The van der Waals surface area contributed by atoms with Gasteiger partial charge in [-0.25, -0.2) is 0 Å². The van der Waals surface area contributed by atoms with Crippen molar-refractivity contribution < 1.29 is 13.9 Å². The van der Waals surface area contributed by atoms with Gasteiger partial charge in [-0.2, -0.15) is 10.2 Å². The van der Waals surface area contributed by atoms with Gasteiger partial charge in [-0.05, 0) is 30.3 Å². The third kappa shape index (κ3) is 4.36. The van der Waals surface area contributed by atoms with E-state index in [2.05, 4.69) is 42.8 Å². The molecule has 1 aliphatic heterocycles. The van der Waals surface area contributed by atoms with E-state index in [-0.39, 0.29) is 12.3 Å². The van der Waals surface area contributed by atoms with Gasteiger partial charge in [0, 0.05) is 30.7 Å². The first-order valence-corrected chi connectivity index (χ1v) is 10.4. The fourth-order valence-electron chi connectivity index (χ4n) is 3.45. The zero-order valence-electron chi connectivity index (χ0n) is 16.5. The van der Waals surface area contributed by atoms with Crippen molar-refractivity contribution in [2.24, 2.45) is 0 Å². The highest BCUT2D eigenvalue weighted by Gasteiger charge is 2.25. The Labute approximate surface area is 183 Å². The van der Waals surface area contributed by atoms with Crippen molar-refractivity contribution in [1.82, 2.24) is 4.98 Å². The van der Waals surface area contributed by atoms with Gasteiger partial charge in [0.1, 0.15) is 17.6 Å². The van der Waals surface area contributed by atoms with Gasteiger partial charge in [-0.15, -0.1) is 0 Å². The highest BCUT2D eigenvalue weighted by atomic mass is 79.9. The van der Waals surface area contributed by atoms with Crippen LogP contribution in [0.15, 0.2) is 57.4 Å². The zero-order valence-corrected chi connectivity index (χ0v) is 18.1. The molecule has 0 amide bonds. The fourth-order valence-corrected chi connectivity index (χ4v) is 3.83. The number of anilines is 2. The monoisotopic (exact) mass is 468 g/mol. The lowest BCUT2D eigenvalue weighted by Gasteiger charge is -2.36. The molecular weight excluding hydrogens is 448 g/mol. The number of rotatable bonds is 6. The van der Waals surface area contributed by atoms with Gasteiger partial charge in [0.05, 0.1) is 12.8 Å². The Morgan fingerprint density at radius 2 is 1.87 bits per heavy atom. The van der Waals surface area contributed by atoms with Crippen molar-refractivity contribution in [3.63, 3.8) is 0 Å². The minimum absolute atomic E-state index is 0.159. The van der Waals surface area contributed by atoms with Crippen LogP contribution in [0.1, 0.15) is 11.6 Å². The molecule has 1 aromatic heterocycles. The third-order valence-corrected chi connectivity index (χ3v) is 5.40. The summed E-state index contributed by atoms with van der Waals surface area (Å²) in [6.07, 6.45) is 0. The van der Waals surface area contributed by atoms with E-state index in [4.69, 9.17) is 13.9 Å². The maximum absolute atomic E-state index is 9.51. The molecule has 7 nitrogen and oxygen atoms in total. The third-order valence-electron chi connectivity index (χ3n) is 4.91. The van der Waals surface area contributed by atoms with E-state index in [1.165, 1.54) is 0 Å². The molecule has 0 bridgehead atoms. The van der Waals surface area contributed by atoms with Crippen LogP contribution in [-0.4, -0.2) is 38.3 Å². The van der Waals surface area contributed by atoms with E-state index in [9.17, 15) is 5.26 Å². The molecule has 8 heteroatoms. The highest BCUT2D eigenvalue weighted by Crippen LogP contribution is 2.30. The van der Waals surface area contributed by atoms with Crippen LogP contribution < -0.4 is 19.3 Å². The SMILES string of the molecule is COc1ccccc1N1CCN(c2oc(COc3cccc(Br)c3)nc2C#N)CC1. The first-order chi connectivity index (χ1) is 14.7. The molecular formula is C22H21BrN4O3. The van der Waals surface area contributed by atoms with Crippen molar-refractivity contribution in [3.05, 3.63) is 64.6 Å². The lowest BCUT2D eigenvalue weighted by atomic mass is 10.2. The molecule has 0 radical (unpaired) electrons. The molecule has 1 fully saturated rings. The summed E-state index contributed by atoms with van der Waals surface area (Å²) in [6, 6.07) is 17.7. The number of para-hydroxylation sites is 2. The Kier molecular flexibility index (Phi) is 6.10. The second-order valence-electron chi connectivity index (χ2n) is 6.77. The number of hydrogen-bond donors (Lipinski definition) is 0. The molecule has 30 heavy (non-hydrogen) atoms. The number of ether oxygens (including phenoxy) is 2. The second-order valence-corrected chi connectivity index (χ2v) is 7.68. The Morgan fingerprint density at radius 3 is 2.60 bits per heavy atom. The minimum atomic E-state index is 0.159. The summed E-state index contributed by atoms with van der Waals surface area (Å²) in [4.78, 5) is 8.63. The first-order valence-electron chi connectivity index (χ1n) is 9.59. The number of hydrogen-bond acceptors (Lipinski definition) is 7. The molecule has 0 N–H and O–H groups in total. The highest BCUT2D eigenvalue weighted by molar-refractivity contribution is 9.10. The molecule has 0 saturated carbocycles. The van der Waals surface area contributed by atoms with E-state index < -0.39 is 0 Å². The number of nitrogens with zero attached hydrogens (tertiary/aromatic N) is 4. The number of oxazole rings is 1. The summed E-state index contributed by atoms with van der Waals surface area (Å²) in [5.74, 6) is 2.45. The standard InChI is InChI=1S/C22H21BrN4O3/c1-28-20-8-3-2-7-19(20)26-9-11-27(12-10-26)22-18(14-24)25-21(30-22)15-29-17-6-4-5-16(23)13-17/h2-8,13H,9-12,15H2,1H3. The van der Waals surface area contributed by atoms with Gasteiger partial charge < -0.3 is 23.7 Å². The van der Waals surface area contributed by atoms with E-state index >= 15 is 0 Å². The molecule has 154 valence electrons. The Morgan fingerprint density at radius 1 is 1.10 bits per heavy atom. The van der Waals surface area contributed by atoms with Crippen molar-refractivity contribution in [2.45, 2.75) is 6.61 Å². The van der Waals surface area contributed by atoms with Crippen LogP contribution in [0.3, 0.4) is 0 Å². The predicted octanol–water partition coefficient (Wildman–Crippen LogP) is 4.22. The number of nitriles is 1. The molecule has 2 heterocycles. The molecule has 0 atom stereocenters. The maximum atomic E-state index is 9.51. The number of aromatic nitrogens is 1. The maximum Gasteiger partial charge on any atom is 0.236 e. The lowest BCUT2D eigenvalue weighted by molar-refractivity contribution is 0.263. The molecule has 2 aromatic carbocycles. The average molecular weight is 469 g/mol. The normalized spacial score (nSPS) is 13.8. The second kappa shape index (κ2) is 9.09.